The monoisotopic (exact) mass is 538 g/mol. The SMILES string of the molecule is Cn1cc(-c2cc(-c3ccc(N4CCN(C(=O)C#Cc5cccc(C#N)n5)CC4)nc3)c3c(C#N)cnn3c2)cn1. The van der Waals surface area contributed by atoms with E-state index in [0.29, 0.717) is 37.4 Å². The molecule has 0 aromatic carbocycles. The van der Waals surface area contributed by atoms with Crippen LogP contribution in [0, 0.1) is 34.5 Å². The minimum atomic E-state index is -0.274. The fraction of sp³-hybridized carbons (Fsp3) is 0.167. The summed E-state index contributed by atoms with van der Waals surface area (Å²) in [5.74, 6) is 5.92. The molecule has 1 fully saturated rings. The Bertz CT molecular complexity index is 1920. The van der Waals surface area contributed by atoms with Gasteiger partial charge in [0.05, 0.1) is 23.5 Å². The van der Waals surface area contributed by atoms with Crippen LogP contribution in [0.15, 0.2) is 67.4 Å². The highest BCUT2D eigenvalue weighted by Crippen LogP contribution is 2.32. The van der Waals surface area contributed by atoms with E-state index in [2.05, 4.69) is 38.0 Å². The third-order valence-electron chi connectivity index (χ3n) is 6.88. The summed E-state index contributed by atoms with van der Waals surface area (Å²) in [5.41, 5.74) is 5.44. The van der Waals surface area contributed by atoms with Gasteiger partial charge in [-0.3, -0.25) is 9.48 Å². The van der Waals surface area contributed by atoms with Gasteiger partial charge in [0.25, 0.3) is 5.91 Å². The number of pyridine rings is 3. The van der Waals surface area contributed by atoms with Gasteiger partial charge >= 0.3 is 0 Å². The lowest BCUT2D eigenvalue weighted by Crippen LogP contribution is -2.48. The first-order valence-electron chi connectivity index (χ1n) is 12.8. The Kier molecular flexibility index (Phi) is 6.57. The number of nitrogens with zero attached hydrogens (tertiary/aromatic N) is 10. The first-order valence-corrected chi connectivity index (χ1v) is 12.8. The molecular formula is C30H22N10O. The predicted molar refractivity (Wildman–Crippen MR) is 150 cm³/mol. The van der Waals surface area contributed by atoms with Gasteiger partial charge in [-0.25, -0.2) is 14.5 Å². The molecule has 1 aliphatic rings. The van der Waals surface area contributed by atoms with Gasteiger partial charge in [0, 0.05) is 80.0 Å². The Balaban J connectivity index is 1.19. The summed E-state index contributed by atoms with van der Waals surface area (Å²) in [4.78, 5) is 25.3. The molecule has 1 aliphatic heterocycles. The van der Waals surface area contributed by atoms with E-state index in [4.69, 9.17) is 10.2 Å². The molecule has 0 unspecified atom stereocenters. The van der Waals surface area contributed by atoms with Gasteiger partial charge in [-0.1, -0.05) is 6.07 Å². The lowest BCUT2D eigenvalue weighted by Gasteiger charge is -2.34. The van der Waals surface area contributed by atoms with Gasteiger partial charge in [0.1, 0.15) is 29.3 Å². The highest BCUT2D eigenvalue weighted by Gasteiger charge is 2.21. The number of rotatable bonds is 3. The molecule has 198 valence electrons. The summed E-state index contributed by atoms with van der Waals surface area (Å²) in [7, 11) is 1.87. The Morgan fingerprint density at radius 3 is 2.41 bits per heavy atom. The summed E-state index contributed by atoms with van der Waals surface area (Å²) >= 11 is 0. The van der Waals surface area contributed by atoms with Crippen molar-refractivity contribution in [1.82, 2.24) is 34.3 Å². The second-order valence-electron chi connectivity index (χ2n) is 9.46. The van der Waals surface area contributed by atoms with Crippen LogP contribution in [0.2, 0.25) is 0 Å². The second kappa shape index (κ2) is 10.6. The molecule has 0 N–H and O–H groups in total. The van der Waals surface area contributed by atoms with Crippen molar-refractivity contribution in [2.24, 2.45) is 7.05 Å². The molecule has 5 aromatic rings. The molecule has 0 aliphatic carbocycles. The zero-order valence-corrected chi connectivity index (χ0v) is 22.1. The van der Waals surface area contributed by atoms with Gasteiger partial charge < -0.3 is 9.80 Å². The quantitative estimate of drug-likeness (QED) is 0.320. The number of carbonyl (C=O) groups is 1. The summed E-state index contributed by atoms with van der Waals surface area (Å²) in [6.07, 6.45) is 8.99. The standard InChI is InChI=1S/C30H22N10O/c1-37-19-24(18-34-37)22-13-27(30-23(14-31)17-35-40(30)20-22)21-5-7-28(33-16-21)38-9-11-39(12-10-38)29(41)8-6-25-3-2-4-26(15-32)36-25/h2-5,7,13,16-20H,9-12H2,1H3. The molecule has 6 heterocycles. The summed E-state index contributed by atoms with van der Waals surface area (Å²) in [6, 6.07) is 15.1. The van der Waals surface area contributed by atoms with Crippen molar-refractivity contribution < 1.29 is 4.79 Å². The highest BCUT2D eigenvalue weighted by atomic mass is 16.2. The number of aryl methyl sites for hydroxylation is 1. The minimum Gasteiger partial charge on any atom is -0.353 e. The smallest absolute Gasteiger partial charge is 0.299 e. The van der Waals surface area contributed by atoms with E-state index < -0.39 is 0 Å². The van der Waals surface area contributed by atoms with E-state index in [1.54, 1.807) is 50.9 Å². The van der Waals surface area contributed by atoms with Crippen molar-refractivity contribution in [3.63, 3.8) is 0 Å². The van der Waals surface area contributed by atoms with E-state index in [1.807, 2.05) is 43.7 Å². The van der Waals surface area contributed by atoms with Crippen LogP contribution in [0.4, 0.5) is 5.82 Å². The van der Waals surface area contributed by atoms with Gasteiger partial charge in [-0.05, 0) is 36.3 Å². The minimum absolute atomic E-state index is 0.262. The molecule has 11 nitrogen and oxygen atoms in total. The summed E-state index contributed by atoms with van der Waals surface area (Å²) in [6.45, 7) is 2.25. The van der Waals surface area contributed by atoms with Crippen molar-refractivity contribution in [2.75, 3.05) is 31.1 Å². The topological polar surface area (TPSA) is 132 Å². The van der Waals surface area contributed by atoms with Crippen LogP contribution in [0.25, 0.3) is 27.8 Å². The predicted octanol–water partition coefficient (Wildman–Crippen LogP) is 2.64. The summed E-state index contributed by atoms with van der Waals surface area (Å²) < 4.78 is 3.46. The molecule has 0 spiro atoms. The Morgan fingerprint density at radius 2 is 1.71 bits per heavy atom. The number of fused-ring (bicyclic) bond motifs is 1. The maximum atomic E-state index is 12.6. The fourth-order valence-electron chi connectivity index (χ4n) is 4.79. The number of amides is 1. The van der Waals surface area contributed by atoms with Crippen molar-refractivity contribution in [3.8, 4) is 46.2 Å². The normalized spacial score (nSPS) is 12.9. The molecule has 0 atom stereocenters. The van der Waals surface area contributed by atoms with E-state index in [9.17, 15) is 10.1 Å². The van der Waals surface area contributed by atoms with E-state index in [1.165, 1.54) is 0 Å². The number of aromatic nitrogens is 6. The Hall–Kier alpha value is -5.99. The number of hydrogen-bond acceptors (Lipinski definition) is 8. The molecule has 0 bridgehead atoms. The maximum absolute atomic E-state index is 12.6. The van der Waals surface area contributed by atoms with Crippen molar-refractivity contribution in [2.45, 2.75) is 0 Å². The molecule has 11 heteroatoms. The molecule has 0 saturated carbocycles. The Morgan fingerprint density at radius 1 is 0.878 bits per heavy atom. The number of carbonyl (C=O) groups excluding carboxylic acids is 1. The largest absolute Gasteiger partial charge is 0.353 e. The zero-order valence-electron chi connectivity index (χ0n) is 22.1. The second-order valence-corrected chi connectivity index (χ2v) is 9.46. The van der Waals surface area contributed by atoms with Crippen LogP contribution in [-0.4, -0.2) is 66.3 Å². The first-order chi connectivity index (χ1) is 20.0. The molecule has 41 heavy (non-hydrogen) atoms. The lowest BCUT2D eigenvalue weighted by atomic mass is 10.0. The Labute approximate surface area is 235 Å². The van der Waals surface area contributed by atoms with Crippen LogP contribution < -0.4 is 4.90 Å². The van der Waals surface area contributed by atoms with Crippen LogP contribution >= 0.6 is 0 Å². The average Bonchev–Trinajstić information content (AvgIpc) is 3.65. The zero-order chi connectivity index (χ0) is 28.3. The number of piperazine rings is 1. The van der Waals surface area contributed by atoms with Crippen molar-refractivity contribution in [3.05, 3.63) is 84.3 Å². The van der Waals surface area contributed by atoms with Gasteiger partial charge in [0.15, 0.2) is 0 Å². The van der Waals surface area contributed by atoms with Crippen LogP contribution in [0.5, 0.6) is 0 Å². The molecule has 6 rings (SSSR count). The third kappa shape index (κ3) is 5.06. The first kappa shape index (κ1) is 25.3. The third-order valence-corrected chi connectivity index (χ3v) is 6.88. The fourth-order valence-corrected chi connectivity index (χ4v) is 4.79. The molecule has 1 amide bonds. The molecule has 0 radical (unpaired) electrons. The number of anilines is 1. The highest BCUT2D eigenvalue weighted by molar-refractivity contribution is 5.94. The number of nitriles is 2. The van der Waals surface area contributed by atoms with E-state index >= 15 is 0 Å². The van der Waals surface area contributed by atoms with Gasteiger partial charge in [-0.2, -0.15) is 20.7 Å². The van der Waals surface area contributed by atoms with E-state index in [-0.39, 0.29) is 11.6 Å². The lowest BCUT2D eigenvalue weighted by molar-refractivity contribution is -0.125. The van der Waals surface area contributed by atoms with Gasteiger partial charge in [-0.15, -0.1) is 0 Å². The number of hydrogen-bond donors (Lipinski definition) is 0. The van der Waals surface area contributed by atoms with Crippen LogP contribution in [0.3, 0.4) is 0 Å². The van der Waals surface area contributed by atoms with Gasteiger partial charge in [0.2, 0.25) is 0 Å². The molecule has 5 aromatic heterocycles. The molecule has 1 saturated heterocycles. The van der Waals surface area contributed by atoms with Crippen molar-refractivity contribution >= 4 is 17.2 Å². The molecular weight excluding hydrogens is 516 g/mol. The average molecular weight is 539 g/mol. The van der Waals surface area contributed by atoms with E-state index in [0.717, 1.165) is 33.6 Å². The van der Waals surface area contributed by atoms with Crippen LogP contribution in [0.1, 0.15) is 17.0 Å². The van der Waals surface area contributed by atoms with Crippen LogP contribution in [-0.2, 0) is 11.8 Å². The van der Waals surface area contributed by atoms with Crippen molar-refractivity contribution in [1.29, 1.82) is 10.5 Å². The summed E-state index contributed by atoms with van der Waals surface area (Å²) in [5, 5.41) is 27.3. The maximum Gasteiger partial charge on any atom is 0.299 e.